The van der Waals surface area contributed by atoms with Crippen molar-refractivity contribution in [2.75, 3.05) is 12.4 Å². The third-order valence-electron chi connectivity index (χ3n) is 4.38. The van der Waals surface area contributed by atoms with Gasteiger partial charge in [0, 0.05) is 12.5 Å². The van der Waals surface area contributed by atoms with Gasteiger partial charge >= 0.3 is 0 Å². The fraction of sp³-hybridized carbons (Fsp3) is 0.800. The largest absolute Gasteiger partial charge is 0.356 e. The van der Waals surface area contributed by atoms with Gasteiger partial charge in [-0.1, -0.05) is 12.8 Å². The van der Waals surface area contributed by atoms with Gasteiger partial charge < -0.3 is 16.4 Å². The Morgan fingerprint density at radius 1 is 1.32 bits per heavy atom. The van der Waals surface area contributed by atoms with E-state index in [1.165, 1.54) is 0 Å². The van der Waals surface area contributed by atoms with Crippen LogP contribution in [-0.2, 0) is 14.4 Å². The number of hydrogen-bond donors (Lipinski definition) is 3. The number of ketones is 1. The Kier molecular flexibility index (Phi) is 6.20. The topological polar surface area (TPSA) is 101 Å². The maximum absolute atomic E-state index is 12.1. The Morgan fingerprint density at radius 3 is 2.64 bits per heavy atom. The third-order valence-corrected chi connectivity index (χ3v) is 4.64. The predicted octanol–water partition coefficient (Wildman–Crippen LogP) is 0.323. The zero-order valence-electron chi connectivity index (χ0n) is 12.6. The van der Waals surface area contributed by atoms with Gasteiger partial charge in [0.05, 0.1) is 18.0 Å². The molecule has 1 saturated heterocycles. The summed E-state index contributed by atoms with van der Waals surface area (Å²) in [5.41, 5.74) is 5.87. The number of carbonyl (C=O) groups is 3. The van der Waals surface area contributed by atoms with E-state index in [0.717, 1.165) is 25.7 Å². The van der Waals surface area contributed by atoms with Crippen LogP contribution in [0, 0.1) is 11.8 Å². The van der Waals surface area contributed by atoms with Gasteiger partial charge in [-0.3, -0.25) is 14.4 Å². The van der Waals surface area contributed by atoms with Gasteiger partial charge in [0.25, 0.3) is 0 Å². The summed E-state index contributed by atoms with van der Waals surface area (Å²) < 4.78 is 0. The van der Waals surface area contributed by atoms with Crippen molar-refractivity contribution in [1.29, 1.82) is 0 Å². The number of amides is 2. The molecule has 2 rings (SSSR count). The van der Waals surface area contributed by atoms with Gasteiger partial charge in [-0.25, -0.2) is 0 Å². The van der Waals surface area contributed by atoms with Crippen LogP contribution in [0.1, 0.15) is 38.5 Å². The molecule has 0 aromatic heterocycles. The Hall–Kier alpha value is -1.14. The van der Waals surface area contributed by atoms with Crippen molar-refractivity contribution in [3.8, 4) is 0 Å². The Morgan fingerprint density at radius 2 is 2.05 bits per heavy atom. The standard InChI is InChI=1S/C15H24ClN3O3/c16-8-13(20)12(7-10-2-1-5-18-14(10)21)19-15(22)11(17)6-9-3-4-9/h9-12H,1-8,17H2,(H,18,21)(H,19,22)/t10-,11?,12?/m0/s1. The summed E-state index contributed by atoms with van der Waals surface area (Å²) in [5, 5.41) is 5.47. The van der Waals surface area contributed by atoms with Crippen LogP contribution >= 0.6 is 11.6 Å². The molecule has 0 aromatic rings. The lowest BCUT2D eigenvalue weighted by Gasteiger charge is -2.26. The van der Waals surface area contributed by atoms with Crippen molar-refractivity contribution in [1.82, 2.24) is 10.6 Å². The molecular weight excluding hydrogens is 306 g/mol. The zero-order valence-corrected chi connectivity index (χ0v) is 13.4. The fourth-order valence-corrected chi connectivity index (χ4v) is 2.99. The van der Waals surface area contributed by atoms with E-state index in [1.807, 2.05) is 0 Å². The summed E-state index contributed by atoms with van der Waals surface area (Å²) in [4.78, 5) is 35.9. The molecule has 2 aliphatic rings. The highest BCUT2D eigenvalue weighted by molar-refractivity contribution is 6.28. The lowest BCUT2D eigenvalue weighted by molar-refractivity contribution is -0.130. The van der Waals surface area contributed by atoms with Gasteiger partial charge in [-0.2, -0.15) is 0 Å². The number of hydrogen-bond acceptors (Lipinski definition) is 4. The molecular formula is C15H24ClN3O3. The molecule has 1 heterocycles. The van der Waals surface area contributed by atoms with Crippen LogP contribution in [0.25, 0.3) is 0 Å². The van der Waals surface area contributed by atoms with E-state index in [4.69, 9.17) is 17.3 Å². The molecule has 2 fully saturated rings. The first-order valence-electron chi connectivity index (χ1n) is 7.93. The minimum atomic E-state index is -0.732. The van der Waals surface area contributed by atoms with Crippen LogP contribution < -0.4 is 16.4 Å². The number of halogens is 1. The van der Waals surface area contributed by atoms with Crippen LogP contribution in [0.3, 0.4) is 0 Å². The van der Waals surface area contributed by atoms with Gasteiger partial charge in [-0.05, 0) is 31.6 Å². The summed E-state index contributed by atoms with van der Waals surface area (Å²) in [6.07, 6.45) is 4.78. The van der Waals surface area contributed by atoms with E-state index in [9.17, 15) is 14.4 Å². The maximum Gasteiger partial charge on any atom is 0.237 e. The van der Waals surface area contributed by atoms with Crippen LogP contribution in [0.5, 0.6) is 0 Å². The summed E-state index contributed by atoms with van der Waals surface area (Å²) in [7, 11) is 0. The maximum atomic E-state index is 12.1. The lowest BCUT2D eigenvalue weighted by Crippen LogP contribution is -2.51. The highest BCUT2D eigenvalue weighted by Crippen LogP contribution is 2.33. The molecule has 0 bridgehead atoms. The highest BCUT2D eigenvalue weighted by atomic mass is 35.5. The molecule has 1 saturated carbocycles. The smallest absolute Gasteiger partial charge is 0.237 e. The second kappa shape index (κ2) is 7.92. The summed E-state index contributed by atoms with van der Waals surface area (Å²) in [6.45, 7) is 0.669. The average Bonchev–Trinajstić information content (AvgIpc) is 3.31. The Bertz CT molecular complexity index is 440. The number of carbonyl (C=O) groups excluding carboxylic acids is 3. The molecule has 6 nitrogen and oxygen atoms in total. The molecule has 4 N–H and O–H groups in total. The molecule has 0 spiro atoms. The Balaban J connectivity index is 1.91. The minimum Gasteiger partial charge on any atom is -0.356 e. The molecule has 124 valence electrons. The summed E-state index contributed by atoms with van der Waals surface area (Å²) in [5.74, 6) is -0.566. The number of Topliss-reactive ketones (excluding diaryl/α,β-unsaturated/α-hetero) is 1. The van der Waals surface area contributed by atoms with Crippen LogP contribution in [0.15, 0.2) is 0 Å². The summed E-state index contributed by atoms with van der Waals surface area (Å²) >= 11 is 5.63. The van der Waals surface area contributed by atoms with Gasteiger partial charge in [0.1, 0.15) is 0 Å². The van der Waals surface area contributed by atoms with E-state index in [2.05, 4.69) is 10.6 Å². The number of rotatable bonds is 8. The predicted molar refractivity (Wildman–Crippen MR) is 83.3 cm³/mol. The van der Waals surface area contributed by atoms with Crippen molar-refractivity contribution >= 4 is 29.2 Å². The third kappa shape index (κ3) is 4.95. The SMILES string of the molecule is NC(CC1CC1)C(=O)NC(C[C@@H]1CCCNC1=O)C(=O)CCl. The molecule has 0 radical (unpaired) electrons. The van der Waals surface area contributed by atoms with E-state index in [0.29, 0.717) is 25.3 Å². The van der Waals surface area contributed by atoms with Crippen molar-refractivity contribution in [2.45, 2.75) is 50.6 Å². The van der Waals surface area contributed by atoms with Crippen LogP contribution in [0.4, 0.5) is 0 Å². The number of piperidine rings is 1. The normalized spacial score (nSPS) is 24.3. The van der Waals surface area contributed by atoms with E-state index in [1.54, 1.807) is 0 Å². The molecule has 2 unspecified atom stereocenters. The van der Waals surface area contributed by atoms with Crippen LogP contribution in [-0.4, -0.2) is 42.1 Å². The monoisotopic (exact) mass is 329 g/mol. The van der Waals surface area contributed by atoms with Gasteiger partial charge in [-0.15, -0.1) is 11.6 Å². The molecule has 22 heavy (non-hydrogen) atoms. The number of alkyl halides is 1. The summed E-state index contributed by atoms with van der Waals surface area (Å²) in [6, 6.07) is -1.33. The quantitative estimate of drug-likeness (QED) is 0.558. The molecule has 1 aliphatic heterocycles. The van der Waals surface area contributed by atoms with E-state index in [-0.39, 0.29) is 29.4 Å². The first-order valence-corrected chi connectivity index (χ1v) is 8.47. The van der Waals surface area contributed by atoms with Gasteiger partial charge in [0.15, 0.2) is 5.78 Å². The average molecular weight is 330 g/mol. The fourth-order valence-electron chi connectivity index (χ4n) is 2.81. The van der Waals surface area contributed by atoms with Gasteiger partial charge in [0.2, 0.25) is 11.8 Å². The van der Waals surface area contributed by atoms with Crippen molar-refractivity contribution in [2.24, 2.45) is 17.6 Å². The first-order chi connectivity index (χ1) is 10.5. The van der Waals surface area contributed by atoms with Crippen LogP contribution in [0.2, 0.25) is 0 Å². The molecule has 0 aromatic carbocycles. The highest BCUT2D eigenvalue weighted by Gasteiger charge is 2.32. The number of nitrogens with two attached hydrogens (primary N) is 1. The Labute approximate surface area is 135 Å². The molecule has 1 aliphatic carbocycles. The van der Waals surface area contributed by atoms with Crippen molar-refractivity contribution < 1.29 is 14.4 Å². The molecule has 3 atom stereocenters. The second-order valence-corrected chi connectivity index (χ2v) is 6.58. The lowest BCUT2D eigenvalue weighted by atomic mass is 9.90. The van der Waals surface area contributed by atoms with Crippen molar-refractivity contribution in [3.63, 3.8) is 0 Å². The zero-order chi connectivity index (χ0) is 16.1. The second-order valence-electron chi connectivity index (χ2n) is 6.31. The number of nitrogens with one attached hydrogen (secondary N) is 2. The van der Waals surface area contributed by atoms with E-state index < -0.39 is 12.1 Å². The molecule has 7 heteroatoms. The first kappa shape index (κ1) is 17.2. The minimum absolute atomic E-state index is 0.0600. The molecule has 2 amide bonds. The van der Waals surface area contributed by atoms with E-state index >= 15 is 0 Å². The van der Waals surface area contributed by atoms with Crippen molar-refractivity contribution in [3.05, 3.63) is 0 Å².